The number of hydrogen-bond donors (Lipinski definition) is 2. The number of amides is 1. The topological polar surface area (TPSA) is 73.6 Å². The second-order valence-electron chi connectivity index (χ2n) is 4.80. The molecular weight excluding hydrogens is 280 g/mol. The molecular formula is C17H20N2O3. The van der Waals surface area contributed by atoms with Crippen molar-refractivity contribution in [2.45, 2.75) is 19.6 Å². The Bertz CT molecular complexity index is 587. The average Bonchev–Trinajstić information content (AvgIpc) is 2.58. The van der Waals surface area contributed by atoms with E-state index in [2.05, 4.69) is 10.2 Å². The summed E-state index contributed by atoms with van der Waals surface area (Å²) in [7, 11) is 0. The first kappa shape index (κ1) is 16.0. The van der Waals surface area contributed by atoms with Gasteiger partial charge in [-0.05, 0) is 23.1 Å². The van der Waals surface area contributed by atoms with Gasteiger partial charge in [0, 0.05) is 6.54 Å². The van der Waals surface area contributed by atoms with Gasteiger partial charge in [0.25, 0.3) is 0 Å². The Morgan fingerprint density at radius 2 is 1.68 bits per heavy atom. The first-order valence-electron chi connectivity index (χ1n) is 7.12. The molecule has 0 saturated carbocycles. The molecule has 0 aliphatic heterocycles. The van der Waals surface area contributed by atoms with Crippen molar-refractivity contribution >= 4 is 6.09 Å². The lowest BCUT2D eigenvalue weighted by atomic mass is 10.1. The van der Waals surface area contributed by atoms with E-state index in [0.29, 0.717) is 19.6 Å². The van der Waals surface area contributed by atoms with E-state index in [-0.39, 0.29) is 6.61 Å². The minimum absolute atomic E-state index is 0.259. The van der Waals surface area contributed by atoms with Crippen LogP contribution in [0.4, 0.5) is 4.79 Å². The zero-order chi connectivity index (χ0) is 15.6. The summed E-state index contributed by atoms with van der Waals surface area (Å²) in [6.45, 7) is 1.11. The van der Waals surface area contributed by atoms with Gasteiger partial charge in [-0.2, -0.15) is 0 Å². The maximum Gasteiger partial charge on any atom is 0.407 e. The first-order valence-corrected chi connectivity index (χ1v) is 7.12. The molecule has 3 N–H and O–H groups in total. The van der Waals surface area contributed by atoms with Crippen LogP contribution >= 0.6 is 0 Å². The highest BCUT2D eigenvalue weighted by atomic mass is 16.6. The molecule has 2 rings (SSSR count). The van der Waals surface area contributed by atoms with Crippen molar-refractivity contribution in [2.75, 3.05) is 6.61 Å². The smallest absolute Gasteiger partial charge is 0.407 e. The summed E-state index contributed by atoms with van der Waals surface area (Å²) >= 11 is 0. The molecule has 0 unspecified atom stereocenters. The second kappa shape index (κ2) is 8.81. The van der Waals surface area contributed by atoms with Crippen LogP contribution in [-0.2, 0) is 29.1 Å². The van der Waals surface area contributed by atoms with Crippen LogP contribution < -0.4 is 11.2 Å². The summed E-state index contributed by atoms with van der Waals surface area (Å²) in [5.41, 5.74) is 3.07. The minimum Gasteiger partial charge on any atom is -0.445 e. The highest BCUT2D eigenvalue weighted by Gasteiger charge is 2.06. The minimum atomic E-state index is -0.436. The highest BCUT2D eigenvalue weighted by molar-refractivity contribution is 5.67. The summed E-state index contributed by atoms with van der Waals surface area (Å²) in [5, 5.41) is 2.75. The summed E-state index contributed by atoms with van der Waals surface area (Å²) in [6, 6.07) is 17.4. The molecule has 0 spiro atoms. The van der Waals surface area contributed by atoms with Gasteiger partial charge in [0.15, 0.2) is 0 Å². The van der Waals surface area contributed by atoms with E-state index < -0.39 is 6.09 Å². The van der Waals surface area contributed by atoms with E-state index in [0.717, 1.165) is 16.7 Å². The number of ether oxygens (including phenoxy) is 1. The molecule has 0 aliphatic rings. The Labute approximate surface area is 130 Å². The molecule has 0 radical (unpaired) electrons. The molecule has 0 bridgehead atoms. The molecule has 0 fully saturated rings. The zero-order valence-corrected chi connectivity index (χ0v) is 12.3. The van der Waals surface area contributed by atoms with Crippen LogP contribution in [0, 0.1) is 0 Å². The van der Waals surface area contributed by atoms with Gasteiger partial charge in [0.2, 0.25) is 0 Å². The molecule has 0 aliphatic carbocycles. The number of carbonyl (C=O) groups excluding carboxylic acids is 1. The lowest BCUT2D eigenvalue weighted by Gasteiger charge is -2.11. The Balaban J connectivity index is 1.81. The summed E-state index contributed by atoms with van der Waals surface area (Å²) in [4.78, 5) is 16.3. The van der Waals surface area contributed by atoms with Gasteiger partial charge in [-0.15, -0.1) is 0 Å². The SMILES string of the molecule is NOCCc1ccccc1CNC(=O)OCc1ccccc1. The maximum atomic E-state index is 11.7. The van der Waals surface area contributed by atoms with Crippen molar-refractivity contribution in [1.82, 2.24) is 5.32 Å². The number of rotatable bonds is 7. The lowest BCUT2D eigenvalue weighted by Crippen LogP contribution is -2.24. The lowest BCUT2D eigenvalue weighted by molar-refractivity contribution is 0.138. The number of nitrogens with two attached hydrogens (primary N) is 1. The van der Waals surface area contributed by atoms with Crippen LogP contribution in [0.1, 0.15) is 16.7 Å². The Kier molecular flexibility index (Phi) is 6.41. The normalized spacial score (nSPS) is 10.2. The number of carbonyl (C=O) groups is 1. The van der Waals surface area contributed by atoms with Crippen molar-refractivity contribution in [2.24, 2.45) is 5.90 Å². The molecule has 0 heterocycles. The number of alkyl carbamates (subject to hydrolysis) is 1. The van der Waals surface area contributed by atoms with Crippen LogP contribution in [-0.4, -0.2) is 12.7 Å². The van der Waals surface area contributed by atoms with E-state index in [4.69, 9.17) is 10.6 Å². The van der Waals surface area contributed by atoms with E-state index in [1.807, 2.05) is 54.6 Å². The van der Waals surface area contributed by atoms with Gasteiger partial charge in [-0.25, -0.2) is 10.7 Å². The van der Waals surface area contributed by atoms with Crippen LogP contribution in [0.3, 0.4) is 0 Å². The van der Waals surface area contributed by atoms with Gasteiger partial charge in [0.1, 0.15) is 6.61 Å². The van der Waals surface area contributed by atoms with Crippen molar-refractivity contribution in [3.05, 3.63) is 71.3 Å². The zero-order valence-electron chi connectivity index (χ0n) is 12.3. The van der Waals surface area contributed by atoms with Crippen LogP contribution in [0.15, 0.2) is 54.6 Å². The van der Waals surface area contributed by atoms with E-state index in [1.165, 1.54) is 0 Å². The van der Waals surface area contributed by atoms with Gasteiger partial charge >= 0.3 is 6.09 Å². The molecule has 0 aromatic heterocycles. The predicted molar refractivity (Wildman–Crippen MR) is 83.8 cm³/mol. The summed E-state index contributed by atoms with van der Waals surface area (Å²) < 4.78 is 5.18. The standard InChI is InChI=1S/C17H20N2O3/c18-22-11-10-15-8-4-5-9-16(15)12-19-17(20)21-13-14-6-2-1-3-7-14/h1-9H,10-13,18H2,(H,19,20). The fourth-order valence-electron chi connectivity index (χ4n) is 2.08. The average molecular weight is 300 g/mol. The van der Waals surface area contributed by atoms with Crippen LogP contribution in [0.25, 0.3) is 0 Å². The second-order valence-corrected chi connectivity index (χ2v) is 4.80. The fraction of sp³-hybridized carbons (Fsp3) is 0.235. The van der Waals surface area contributed by atoms with Crippen molar-refractivity contribution in [1.29, 1.82) is 0 Å². The van der Waals surface area contributed by atoms with E-state index in [9.17, 15) is 4.79 Å². The van der Waals surface area contributed by atoms with Crippen molar-refractivity contribution in [3.63, 3.8) is 0 Å². The molecule has 0 saturated heterocycles. The highest BCUT2D eigenvalue weighted by Crippen LogP contribution is 2.09. The molecule has 2 aromatic carbocycles. The third-order valence-corrected chi connectivity index (χ3v) is 3.24. The van der Waals surface area contributed by atoms with Crippen LogP contribution in [0.2, 0.25) is 0 Å². The first-order chi connectivity index (χ1) is 10.8. The predicted octanol–water partition coefficient (Wildman–Crippen LogP) is 2.55. The summed E-state index contributed by atoms with van der Waals surface area (Å²) in [6.07, 6.45) is 0.265. The Hall–Kier alpha value is -2.37. The molecule has 0 atom stereocenters. The molecule has 116 valence electrons. The van der Waals surface area contributed by atoms with E-state index in [1.54, 1.807) is 0 Å². The maximum absolute atomic E-state index is 11.7. The molecule has 1 amide bonds. The van der Waals surface area contributed by atoms with Gasteiger partial charge in [-0.3, -0.25) is 0 Å². The summed E-state index contributed by atoms with van der Waals surface area (Å²) in [5.74, 6) is 5.05. The van der Waals surface area contributed by atoms with Crippen LogP contribution in [0.5, 0.6) is 0 Å². The number of nitrogens with one attached hydrogen (secondary N) is 1. The molecule has 2 aromatic rings. The molecule has 22 heavy (non-hydrogen) atoms. The van der Waals surface area contributed by atoms with Crippen molar-refractivity contribution < 1.29 is 14.4 Å². The monoisotopic (exact) mass is 300 g/mol. The molecule has 5 nitrogen and oxygen atoms in total. The van der Waals surface area contributed by atoms with Gasteiger partial charge in [0.05, 0.1) is 6.61 Å². The third-order valence-electron chi connectivity index (χ3n) is 3.24. The number of hydrogen-bond acceptors (Lipinski definition) is 4. The Morgan fingerprint density at radius 1 is 1.00 bits per heavy atom. The van der Waals surface area contributed by atoms with E-state index >= 15 is 0 Å². The van der Waals surface area contributed by atoms with Gasteiger partial charge in [-0.1, -0.05) is 54.6 Å². The largest absolute Gasteiger partial charge is 0.445 e. The third kappa shape index (κ3) is 5.20. The van der Waals surface area contributed by atoms with Crippen molar-refractivity contribution in [3.8, 4) is 0 Å². The fourth-order valence-corrected chi connectivity index (χ4v) is 2.08. The quantitative estimate of drug-likeness (QED) is 0.771. The molecule has 5 heteroatoms. The number of benzene rings is 2. The Morgan fingerprint density at radius 3 is 2.41 bits per heavy atom. The van der Waals surface area contributed by atoms with Gasteiger partial charge < -0.3 is 14.9 Å².